The molecule has 12 nitrogen and oxygen atoms in total. The molecule has 35 heavy (non-hydrogen) atoms. The van der Waals surface area contributed by atoms with Crippen LogP contribution in [-0.2, 0) is 31.0 Å². The van der Waals surface area contributed by atoms with E-state index in [1.54, 1.807) is 38.1 Å². The van der Waals surface area contributed by atoms with Crippen molar-refractivity contribution in [3.05, 3.63) is 35.4 Å². The van der Waals surface area contributed by atoms with Gasteiger partial charge in [-0.1, -0.05) is 38.1 Å². The van der Waals surface area contributed by atoms with Crippen LogP contribution in [0.15, 0.2) is 24.3 Å². The highest BCUT2D eigenvalue weighted by atomic mass is 32.2. The average molecular weight is 515 g/mol. The van der Waals surface area contributed by atoms with Gasteiger partial charge in [-0.2, -0.15) is 0 Å². The number of benzene rings is 1. The SMILES string of the molecule is CCCS(=O)(=O)N[C@@H](C(=O)N[C@@H](CCNC(=O)CC)C(=O)NCc1ccc(C(=N)N)cc1)C(C)O.[HH]. The lowest BCUT2D eigenvalue weighted by atomic mass is 10.1. The van der Waals surface area contributed by atoms with Gasteiger partial charge in [-0.3, -0.25) is 19.8 Å². The number of aliphatic hydroxyl groups is 1. The summed E-state index contributed by atoms with van der Waals surface area (Å²) in [6.45, 7) is 4.82. The second kappa shape index (κ2) is 14.4. The van der Waals surface area contributed by atoms with Gasteiger partial charge in [-0.05, 0) is 25.3 Å². The van der Waals surface area contributed by atoms with Gasteiger partial charge in [0.25, 0.3) is 0 Å². The Bertz CT molecular complexity index is 987. The Kier molecular flexibility index (Phi) is 12.3. The van der Waals surface area contributed by atoms with E-state index in [0.29, 0.717) is 12.0 Å². The van der Waals surface area contributed by atoms with E-state index in [-0.39, 0.29) is 44.9 Å². The second-order valence-electron chi connectivity index (χ2n) is 8.04. The van der Waals surface area contributed by atoms with Crippen LogP contribution in [0, 0.1) is 5.41 Å². The monoisotopic (exact) mass is 514 g/mol. The minimum absolute atomic E-state index is 0. The number of hydrogen-bond acceptors (Lipinski definition) is 7. The summed E-state index contributed by atoms with van der Waals surface area (Å²) < 4.78 is 26.4. The third-order valence-corrected chi connectivity index (χ3v) is 6.54. The summed E-state index contributed by atoms with van der Waals surface area (Å²) in [6, 6.07) is 4.06. The molecule has 13 heteroatoms. The van der Waals surface area contributed by atoms with Crippen LogP contribution in [0.1, 0.15) is 52.6 Å². The normalized spacial score (nSPS) is 13.8. The standard InChI is InChI=1S/C22H36N6O6S.H2/c1-4-12-35(33,34)28-19(14(3)29)22(32)27-17(10-11-25-18(30)5-2)21(31)26-13-15-6-8-16(9-7-15)20(23)24;/h6-9,14,17,19,28-29H,4-5,10-13H2,1-3H3,(H3,23,24)(H,25,30)(H,26,31)(H,27,32);1H/t14?,17-,19+;/m0./s1. The molecule has 0 saturated heterocycles. The van der Waals surface area contributed by atoms with Gasteiger partial charge in [-0.25, -0.2) is 13.1 Å². The molecule has 0 fully saturated rings. The molecule has 0 aliphatic heterocycles. The number of rotatable bonds is 15. The quantitative estimate of drug-likeness (QED) is 0.118. The fraction of sp³-hybridized carbons (Fsp3) is 0.545. The molecule has 0 aliphatic rings. The van der Waals surface area contributed by atoms with Gasteiger partial charge in [0.2, 0.25) is 27.7 Å². The van der Waals surface area contributed by atoms with Gasteiger partial charge in [0, 0.05) is 26.5 Å². The first-order chi connectivity index (χ1) is 16.4. The molecule has 1 aromatic rings. The Hall–Kier alpha value is -3.03. The van der Waals surface area contributed by atoms with Gasteiger partial charge in [0.15, 0.2) is 0 Å². The first-order valence-electron chi connectivity index (χ1n) is 11.4. The maximum absolute atomic E-state index is 12.9. The van der Waals surface area contributed by atoms with Crippen molar-refractivity contribution in [1.82, 2.24) is 20.7 Å². The largest absolute Gasteiger partial charge is 0.391 e. The first kappa shape index (κ1) is 30.0. The number of nitrogens with two attached hydrogens (primary N) is 1. The maximum atomic E-state index is 12.9. The number of amides is 3. The number of sulfonamides is 1. The zero-order valence-electron chi connectivity index (χ0n) is 20.3. The van der Waals surface area contributed by atoms with Gasteiger partial charge < -0.3 is 26.8 Å². The lowest BCUT2D eigenvalue weighted by molar-refractivity contribution is -0.131. The van der Waals surface area contributed by atoms with Crippen LogP contribution in [0.2, 0.25) is 0 Å². The third kappa shape index (κ3) is 10.8. The predicted molar refractivity (Wildman–Crippen MR) is 134 cm³/mol. The van der Waals surface area contributed by atoms with E-state index in [4.69, 9.17) is 11.1 Å². The number of carbonyl (C=O) groups excluding carboxylic acids is 3. The molecule has 198 valence electrons. The summed E-state index contributed by atoms with van der Waals surface area (Å²) in [5.41, 5.74) is 6.69. The van der Waals surface area contributed by atoms with Crippen LogP contribution in [0.5, 0.6) is 0 Å². The number of carbonyl (C=O) groups is 3. The molecule has 1 rings (SSSR count). The predicted octanol–water partition coefficient (Wildman–Crippen LogP) is -0.687. The fourth-order valence-electron chi connectivity index (χ4n) is 3.02. The van der Waals surface area contributed by atoms with Crippen molar-refractivity contribution in [3.63, 3.8) is 0 Å². The van der Waals surface area contributed by atoms with E-state index in [9.17, 15) is 27.9 Å². The topological polar surface area (TPSA) is 204 Å². The highest BCUT2D eigenvalue weighted by Gasteiger charge is 2.31. The Morgan fingerprint density at radius 1 is 1.11 bits per heavy atom. The van der Waals surface area contributed by atoms with Gasteiger partial charge >= 0.3 is 0 Å². The molecular formula is C22H38N6O6S. The number of nitrogens with one attached hydrogen (secondary N) is 5. The molecule has 0 bridgehead atoms. The number of amidine groups is 1. The van der Waals surface area contributed by atoms with Gasteiger partial charge in [0.1, 0.15) is 17.9 Å². The fourth-order valence-corrected chi connectivity index (χ4v) is 4.36. The summed E-state index contributed by atoms with van der Waals surface area (Å²) >= 11 is 0. The highest BCUT2D eigenvalue weighted by Crippen LogP contribution is 2.05. The third-order valence-electron chi connectivity index (χ3n) is 4.99. The lowest BCUT2D eigenvalue weighted by Crippen LogP contribution is -2.57. The van der Waals surface area contributed by atoms with E-state index in [0.717, 1.165) is 5.56 Å². The van der Waals surface area contributed by atoms with E-state index in [1.807, 2.05) is 0 Å². The Labute approximate surface area is 207 Å². The van der Waals surface area contributed by atoms with Crippen molar-refractivity contribution in [2.24, 2.45) is 5.73 Å². The molecule has 0 aliphatic carbocycles. The van der Waals surface area contributed by atoms with Gasteiger partial charge in [0.05, 0.1) is 11.9 Å². The molecule has 0 saturated carbocycles. The molecular weight excluding hydrogens is 476 g/mol. The molecule has 3 atom stereocenters. The number of nitrogen functional groups attached to an aromatic ring is 1. The maximum Gasteiger partial charge on any atom is 0.242 e. The Morgan fingerprint density at radius 3 is 2.26 bits per heavy atom. The van der Waals surface area contributed by atoms with Crippen LogP contribution >= 0.6 is 0 Å². The highest BCUT2D eigenvalue weighted by molar-refractivity contribution is 7.89. The van der Waals surface area contributed by atoms with Crippen LogP contribution in [-0.4, -0.2) is 67.6 Å². The molecule has 1 aromatic carbocycles. The average Bonchev–Trinajstić information content (AvgIpc) is 2.80. The zero-order valence-corrected chi connectivity index (χ0v) is 21.1. The van der Waals surface area contributed by atoms with E-state index in [2.05, 4.69) is 20.7 Å². The first-order valence-corrected chi connectivity index (χ1v) is 13.0. The molecule has 0 heterocycles. The molecule has 0 radical (unpaired) electrons. The number of aliphatic hydroxyl groups excluding tert-OH is 1. The van der Waals surface area contributed by atoms with Crippen molar-refractivity contribution in [2.75, 3.05) is 12.3 Å². The van der Waals surface area contributed by atoms with Crippen LogP contribution in [0.25, 0.3) is 0 Å². The van der Waals surface area contributed by atoms with E-state index in [1.165, 1.54) is 6.92 Å². The minimum Gasteiger partial charge on any atom is -0.391 e. The van der Waals surface area contributed by atoms with Crippen LogP contribution in [0.4, 0.5) is 0 Å². The molecule has 0 aromatic heterocycles. The van der Waals surface area contributed by atoms with Crippen LogP contribution in [0.3, 0.4) is 0 Å². The summed E-state index contributed by atoms with van der Waals surface area (Å²) in [4.78, 5) is 37.2. The van der Waals surface area contributed by atoms with E-state index >= 15 is 0 Å². The van der Waals surface area contributed by atoms with Crippen molar-refractivity contribution >= 4 is 33.6 Å². The minimum atomic E-state index is -3.82. The van der Waals surface area contributed by atoms with Gasteiger partial charge in [-0.15, -0.1) is 0 Å². The van der Waals surface area contributed by atoms with Crippen molar-refractivity contribution < 1.29 is 29.3 Å². The van der Waals surface area contributed by atoms with Crippen molar-refractivity contribution in [1.29, 1.82) is 5.41 Å². The Balaban J connectivity index is 0.0000122. The van der Waals surface area contributed by atoms with Crippen LogP contribution < -0.4 is 26.4 Å². The summed E-state index contributed by atoms with van der Waals surface area (Å²) in [5.74, 6) is -1.96. The lowest BCUT2D eigenvalue weighted by Gasteiger charge is -2.24. The van der Waals surface area contributed by atoms with Crippen molar-refractivity contribution in [3.8, 4) is 0 Å². The summed E-state index contributed by atoms with van der Waals surface area (Å²) in [7, 11) is -3.82. The zero-order chi connectivity index (χ0) is 26.6. The van der Waals surface area contributed by atoms with E-state index < -0.39 is 40.0 Å². The summed E-state index contributed by atoms with van der Waals surface area (Å²) in [5, 5.41) is 25.2. The number of hydrogen-bond donors (Lipinski definition) is 7. The summed E-state index contributed by atoms with van der Waals surface area (Å²) in [6.07, 6.45) is -0.743. The molecule has 1 unspecified atom stereocenters. The molecule has 0 spiro atoms. The Morgan fingerprint density at radius 2 is 1.74 bits per heavy atom. The smallest absolute Gasteiger partial charge is 0.242 e. The molecule has 8 N–H and O–H groups in total. The second-order valence-corrected chi connectivity index (χ2v) is 9.91. The molecule has 3 amide bonds. The van der Waals surface area contributed by atoms with Crippen molar-refractivity contribution in [2.45, 2.75) is 64.8 Å².